The lowest BCUT2D eigenvalue weighted by Gasteiger charge is -2.32. The number of aryl methyl sites for hydroxylation is 1. The molecular weight excluding hydrogens is 448 g/mol. The number of hydrogen-bond donors (Lipinski definition) is 2. The van der Waals surface area contributed by atoms with Crippen LogP contribution in [-0.4, -0.2) is 75.8 Å². The van der Waals surface area contributed by atoms with Gasteiger partial charge < -0.3 is 24.5 Å². The Hall–Kier alpha value is -2.75. The predicted molar refractivity (Wildman–Crippen MR) is 133 cm³/mol. The lowest BCUT2D eigenvalue weighted by Crippen LogP contribution is -2.41. The number of ether oxygens (including phenoxy) is 2. The van der Waals surface area contributed by atoms with Gasteiger partial charge in [0.2, 0.25) is 0 Å². The van der Waals surface area contributed by atoms with Gasteiger partial charge in [-0.3, -0.25) is 14.3 Å². The van der Waals surface area contributed by atoms with Gasteiger partial charge in [-0.05, 0) is 63.6 Å². The number of aliphatic hydroxyl groups is 1. The molecule has 9 heteroatoms. The van der Waals surface area contributed by atoms with Crippen molar-refractivity contribution in [3.8, 4) is 0 Å². The average Bonchev–Trinajstić information content (AvgIpc) is 3.30. The summed E-state index contributed by atoms with van der Waals surface area (Å²) in [6.45, 7) is 6.83. The van der Waals surface area contributed by atoms with Crippen molar-refractivity contribution < 1.29 is 19.4 Å². The van der Waals surface area contributed by atoms with E-state index in [2.05, 4.69) is 10.1 Å². The summed E-state index contributed by atoms with van der Waals surface area (Å²) in [4.78, 5) is 31.2. The van der Waals surface area contributed by atoms with Crippen LogP contribution in [0.4, 0.5) is 0 Å². The van der Waals surface area contributed by atoms with Crippen LogP contribution in [0.15, 0.2) is 23.1 Å². The number of aliphatic hydroxyl groups excluding tert-OH is 1. The number of pyridine rings is 1. The van der Waals surface area contributed by atoms with E-state index in [4.69, 9.17) is 9.47 Å². The van der Waals surface area contributed by atoms with E-state index in [1.807, 2.05) is 28.6 Å². The number of nitrogens with zero attached hydrogens (tertiary/aromatic N) is 3. The first-order valence-electron chi connectivity index (χ1n) is 12.6. The third-order valence-electron chi connectivity index (χ3n) is 7.29. The summed E-state index contributed by atoms with van der Waals surface area (Å²) in [6.07, 6.45) is 5.26. The lowest BCUT2D eigenvalue weighted by molar-refractivity contribution is -0.00266. The van der Waals surface area contributed by atoms with Crippen molar-refractivity contribution in [2.75, 3.05) is 32.9 Å². The molecule has 5 rings (SSSR count). The molecule has 0 spiro atoms. The maximum atomic E-state index is 13.5. The standard InChI is InChI=1S/C26H34N4O5/c1-16-13-23-21(24-22(25(32)28-23)15-27-30(24)18-6-10-34-11-7-18)14-20(16)26(33)29-8-3-19(4-9-29)35-12-5-17(2)31/h13-15,17-19,31H,3-12H2,1-2H3,(H,28,32). The van der Waals surface area contributed by atoms with E-state index in [1.54, 1.807) is 13.1 Å². The van der Waals surface area contributed by atoms with Crippen LogP contribution in [0.1, 0.15) is 61.0 Å². The Morgan fingerprint density at radius 1 is 1.23 bits per heavy atom. The number of benzene rings is 1. The van der Waals surface area contributed by atoms with Gasteiger partial charge in [0.1, 0.15) is 0 Å². The number of carbonyl (C=O) groups is 1. The molecule has 0 bridgehead atoms. The van der Waals surface area contributed by atoms with Gasteiger partial charge >= 0.3 is 0 Å². The summed E-state index contributed by atoms with van der Waals surface area (Å²) in [5.41, 5.74) is 2.83. The minimum absolute atomic E-state index is 0.00307. The molecule has 1 aromatic carbocycles. The number of nitrogens with one attached hydrogen (secondary N) is 1. The zero-order valence-electron chi connectivity index (χ0n) is 20.5. The number of H-pyrrole nitrogens is 1. The maximum Gasteiger partial charge on any atom is 0.259 e. The molecule has 4 heterocycles. The van der Waals surface area contributed by atoms with Crippen LogP contribution >= 0.6 is 0 Å². The topological polar surface area (TPSA) is 110 Å². The summed E-state index contributed by atoms with van der Waals surface area (Å²) >= 11 is 0. The Bertz CT molecular complexity index is 1270. The average molecular weight is 483 g/mol. The molecular formula is C26H34N4O5. The first kappa shape index (κ1) is 24.0. The van der Waals surface area contributed by atoms with Gasteiger partial charge in [-0.15, -0.1) is 0 Å². The second kappa shape index (κ2) is 10.1. The minimum Gasteiger partial charge on any atom is -0.393 e. The number of rotatable bonds is 6. The van der Waals surface area contributed by atoms with Crippen LogP contribution < -0.4 is 5.56 Å². The molecule has 2 saturated heterocycles. The molecule has 2 N–H and O–H groups in total. The van der Waals surface area contributed by atoms with Gasteiger partial charge in [0.25, 0.3) is 11.5 Å². The Morgan fingerprint density at radius 2 is 1.97 bits per heavy atom. The van der Waals surface area contributed by atoms with Crippen LogP contribution in [0.3, 0.4) is 0 Å². The Morgan fingerprint density at radius 3 is 2.69 bits per heavy atom. The van der Waals surface area contributed by atoms with E-state index >= 15 is 0 Å². The fourth-order valence-electron chi connectivity index (χ4n) is 5.23. The highest BCUT2D eigenvalue weighted by Gasteiger charge is 2.27. The van der Waals surface area contributed by atoms with Crippen LogP contribution in [0.2, 0.25) is 0 Å². The fourth-order valence-corrected chi connectivity index (χ4v) is 5.23. The molecule has 2 fully saturated rings. The van der Waals surface area contributed by atoms with Crippen molar-refractivity contribution in [3.63, 3.8) is 0 Å². The molecule has 2 aliphatic rings. The first-order chi connectivity index (χ1) is 16.9. The van der Waals surface area contributed by atoms with E-state index in [-0.39, 0.29) is 29.7 Å². The molecule has 0 saturated carbocycles. The SMILES string of the molecule is Cc1cc2[nH]c(=O)c3cnn(C4CCOCC4)c3c2cc1C(=O)N1CCC(OCCC(C)O)CC1. The van der Waals surface area contributed by atoms with E-state index in [0.717, 1.165) is 47.7 Å². The number of piperidine rings is 1. The zero-order chi connectivity index (χ0) is 24.5. The highest BCUT2D eigenvalue weighted by Crippen LogP contribution is 2.30. The van der Waals surface area contributed by atoms with Crippen LogP contribution in [0.5, 0.6) is 0 Å². The number of likely N-dealkylation sites (tertiary alicyclic amines) is 1. The van der Waals surface area contributed by atoms with Crippen molar-refractivity contribution in [2.45, 2.75) is 64.2 Å². The molecule has 2 aromatic heterocycles. The van der Waals surface area contributed by atoms with Crippen molar-refractivity contribution in [3.05, 3.63) is 39.8 Å². The number of aromatic nitrogens is 3. The van der Waals surface area contributed by atoms with E-state index < -0.39 is 0 Å². The Kier molecular flexibility index (Phi) is 6.91. The summed E-state index contributed by atoms with van der Waals surface area (Å²) in [6, 6.07) is 3.99. The van der Waals surface area contributed by atoms with E-state index in [1.165, 1.54) is 0 Å². The van der Waals surface area contributed by atoms with E-state index in [0.29, 0.717) is 50.3 Å². The van der Waals surface area contributed by atoms with Gasteiger partial charge in [0.15, 0.2) is 0 Å². The van der Waals surface area contributed by atoms with Crippen LogP contribution in [0, 0.1) is 6.92 Å². The highest BCUT2D eigenvalue weighted by atomic mass is 16.5. The lowest BCUT2D eigenvalue weighted by atomic mass is 10.00. The van der Waals surface area contributed by atoms with Gasteiger partial charge in [0, 0.05) is 43.9 Å². The molecule has 0 aliphatic carbocycles. The van der Waals surface area contributed by atoms with Gasteiger partial charge in [0.05, 0.1) is 40.9 Å². The summed E-state index contributed by atoms with van der Waals surface area (Å²) in [5, 5.41) is 15.4. The summed E-state index contributed by atoms with van der Waals surface area (Å²) < 4.78 is 13.3. The van der Waals surface area contributed by atoms with Gasteiger partial charge in [-0.25, -0.2) is 0 Å². The van der Waals surface area contributed by atoms with Crippen LogP contribution in [0.25, 0.3) is 21.8 Å². The molecule has 1 unspecified atom stereocenters. The third kappa shape index (κ3) is 4.85. The van der Waals surface area contributed by atoms with E-state index in [9.17, 15) is 14.7 Å². The molecule has 2 aliphatic heterocycles. The molecule has 9 nitrogen and oxygen atoms in total. The van der Waals surface area contributed by atoms with Crippen molar-refractivity contribution >= 4 is 27.7 Å². The monoisotopic (exact) mass is 482 g/mol. The van der Waals surface area contributed by atoms with Crippen LogP contribution in [-0.2, 0) is 9.47 Å². The second-order valence-corrected chi connectivity index (χ2v) is 9.86. The number of amides is 1. The molecule has 188 valence electrons. The van der Waals surface area contributed by atoms with Crippen molar-refractivity contribution in [2.24, 2.45) is 0 Å². The van der Waals surface area contributed by atoms with Gasteiger partial charge in [-0.1, -0.05) is 0 Å². The Balaban J connectivity index is 1.43. The zero-order valence-corrected chi connectivity index (χ0v) is 20.5. The smallest absolute Gasteiger partial charge is 0.259 e. The number of fused-ring (bicyclic) bond motifs is 3. The molecule has 3 aromatic rings. The normalized spacial score (nSPS) is 19.0. The summed E-state index contributed by atoms with van der Waals surface area (Å²) in [7, 11) is 0. The molecule has 1 amide bonds. The molecule has 1 atom stereocenters. The highest BCUT2D eigenvalue weighted by molar-refractivity contribution is 6.07. The number of hydrogen-bond acceptors (Lipinski definition) is 6. The molecule has 0 radical (unpaired) electrons. The minimum atomic E-state index is -0.364. The molecule has 35 heavy (non-hydrogen) atoms. The second-order valence-electron chi connectivity index (χ2n) is 9.86. The number of aromatic amines is 1. The van der Waals surface area contributed by atoms with Crippen molar-refractivity contribution in [1.82, 2.24) is 19.7 Å². The quantitative estimate of drug-likeness (QED) is 0.559. The third-order valence-corrected chi connectivity index (χ3v) is 7.29. The predicted octanol–water partition coefficient (Wildman–Crippen LogP) is 2.93. The summed E-state index contributed by atoms with van der Waals surface area (Å²) in [5.74, 6) is 0.00307. The Labute approximate surface area is 204 Å². The largest absolute Gasteiger partial charge is 0.393 e. The van der Waals surface area contributed by atoms with Gasteiger partial charge in [-0.2, -0.15) is 5.10 Å². The van der Waals surface area contributed by atoms with Crippen molar-refractivity contribution in [1.29, 1.82) is 0 Å². The number of carbonyl (C=O) groups excluding carboxylic acids is 1. The fraction of sp³-hybridized carbons (Fsp3) is 0.577. The first-order valence-corrected chi connectivity index (χ1v) is 12.6. The maximum absolute atomic E-state index is 13.5.